The molecule has 3 rings (SSSR count). The summed E-state index contributed by atoms with van der Waals surface area (Å²) < 4.78 is 1.75. The molecule has 0 radical (unpaired) electrons. The molecule has 1 aliphatic heterocycles. The van der Waals surface area contributed by atoms with Gasteiger partial charge in [0.25, 0.3) is 5.91 Å². The molecule has 2 aromatic rings. The van der Waals surface area contributed by atoms with Crippen LogP contribution in [0.1, 0.15) is 16.8 Å². The highest BCUT2D eigenvalue weighted by Crippen LogP contribution is 2.24. The Morgan fingerprint density at radius 3 is 2.78 bits per heavy atom. The number of benzene rings is 1. The van der Waals surface area contributed by atoms with E-state index >= 15 is 0 Å². The van der Waals surface area contributed by atoms with Crippen molar-refractivity contribution >= 4 is 5.91 Å². The van der Waals surface area contributed by atoms with E-state index in [1.54, 1.807) is 28.2 Å². The van der Waals surface area contributed by atoms with Gasteiger partial charge in [0.15, 0.2) is 0 Å². The summed E-state index contributed by atoms with van der Waals surface area (Å²) in [6.45, 7) is 1.48. The third-order valence-electron chi connectivity index (χ3n) is 4.04. The highest BCUT2D eigenvalue weighted by molar-refractivity contribution is 5.95. The smallest absolute Gasteiger partial charge is 0.254 e. The van der Waals surface area contributed by atoms with Gasteiger partial charge in [-0.15, -0.1) is 10.2 Å². The van der Waals surface area contributed by atoms with Gasteiger partial charge in [0.2, 0.25) is 0 Å². The molecule has 122 valence electrons. The van der Waals surface area contributed by atoms with Gasteiger partial charge in [0.05, 0.1) is 12.1 Å². The van der Waals surface area contributed by atoms with E-state index in [2.05, 4.69) is 10.2 Å². The highest BCUT2D eigenvalue weighted by Gasteiger charge is 2.38. The van der Waals surface area contributed by atoms with Crippen LogP contribution in [0, 0.1) is 0 Å². The summed E-state index contributed by atoms with van der Waals surface area (Å²) in [6, 6.07) is 7.34. The van der Waals surface area contributed by atoms with Gasteiger partial charge in [-0.2, -0.15) is 0 Å². The number of nitrogens with zero attached hydrogens (tertiary/aromatic N) is 5. The molecule has 1 aromatic heterocycles. The lowest BCUT2D eigenvalue weighted by atomic mass is 10.0. The number of likely N-dealkylation sites (N-methyl/N-ethyl adjacent to an activating group) is 1. The molecule has 0 saturated carbocycles. The predicted octanol–water partition coefficient (Wildman–Crippen LogP) is 0.406. The molecular weight excluding hydrogens is 294 g/mol. The first-order chi connectivity index (χ1) is 11.0. The molecule has 0 aliphatic carbocycles. The normalized spacial score (nSPS) is 21.1. The molecule has 0 spiro atoms. The first kappa shape index (κ1) is 15.6. The molecule has 0 unspecified atom stereocenters. The molecule has 23 heavy (non-hydrogen) atoms. The van der Waals surface area contributed by atoms with Crippen LogP contribution >= 0.6 is 0 Å². The second-order valence-corrected chi connectivity index (χ2v) is 6.36. The second kappa shape index (κ2) is 6.10. The van der Waals surface area contributed by atoms with Gasteiger partial charge in [0, 0.05) is 24.3 Å². The van der Waals surface area contributed by atoms with Crippen LogP contribution in [0.15, 0.2) is 36.9 Å². The van der Waals surface area contributed by atoms with Crippen molar-refractivity contribution in [2.24, 2.45) is 0 Å². The largest absolute Gasteiger partial charge is 0.387 e. The number of carbonyl (C=O) groups excluding carboxylic acids is 1. The van der Waals surface area contributed by atoms with Crippen molar-refractivity contribution in [2.75, 3.05) is 33.7 Å². The molecule has 1 amide bonds. The zero-order valence-corrected chi connectivity index (χ0v) is 13.4. The molecule has 7 nitrogen and oxygen atoms in total. The molecule has 1 saturated heterocycles. The van der Waals surface area contributed by atoms with Gasteiger partial charge in [-0.1, -0.05) is 6.07 Å². The lowest BCUT2D eigenvalue weighted by Gasteiger charge is -2.26. The Kier molecular flexibility index (Phi) is 4.14. The van der Waals surface area contributed by atoms with Gasteiger partial charge < -0.3 is 14.9 Å². The van der Waals surface area contributed by atoms with E-state index in [1.807, 2.05) is 37.2 Å². The maximum atomic E-state index is 12.7. The van der Waals surface area contributed by atoms with Crippen LogP contribution in [-0.2, 0) is 0 Å². The van der Waals surface area contributed by atoms with Crippen LogP contribution in [0.3, 0.4) is 0 Å². The third-order valence-corrected chi connectivity index (χ3v) is 4.04. The summed E-state index contributed by atoms with van der Waals surface area (Å²) in [5, 5.41) is 18.1. The van der Waals surface area contributed by atoms with Crippen molar-refractivity contribution in [3.63, 3.8) is 0 Å². The molecule has 1 N–H and O–H groups in total. The number of carbonyl (C=O) groups is 1. The number of hydrogen-bond acceptors (Lipinski definition) is 5. The van der Waals surface area contributed by atoms with Crippen LogP contribution < -0.4 is 0 Å². The standard InChI is InChI=1S/C16H21N5O2/c1-19(2)9-16(23)6-7-20(10-16)15(22)13-4-3-5-14(8-13)21-11-17-18-12-21/h3-5,8,11-12,23H,6-7,9-10H2,1-2H3/t16-/m1/s1. The lowest BCUT2D eigenvalue weighted by Crippen LogP contribution is -2.43. The SMILES string of the molecule is CN(C)C[C@]1(O)CCN(C(=O)c2cccc(-n3cnnc3)c2)C1. The van der Waals surface area contributed by atoms with E-state index in [9.17, 15) is 9.90 Å². The molecule has 1 fully saturated rings. The van der Waals surface area contributed by atoms with Gasteiger partial charge in [-0.05, 0) is 38.7 Å². The van der Waals surface area contributed by atoms with E-state index in [0.29, 0.717) is 31.6 Å². The van der Waals surface area contributed by atoms with Crippen LogP contribution in [0.2, 0.25) is 0 Å². The van der Waals surface area contributed by atoms with Crippen molar-refractivity contribution in [3.05, 3.63) is 42.5 Å². The molecule has 1 atom stereocenters. The van der Waals surface area contributed by atoms with Crippen LogP contribution in [0.25, 0.3) is 5.69 Å². The van der Waals surface area contributed by atoms with Crippen LogP contribution in [0.5, 0.6) is 0 Å². The third kappa shape index (κ3) is 3.40. The Balaban J connectivity index is 1.75. The summed E-state index contributed by atoms with van der Waals surface area (Å²) in [7, 11) is 3.84. The fraction of sp³-hybridized carbons (Fsp3) is 0.438. The first-order valence-electron chi connectivity index (χ1n) is 7.58. The number of hydrogen-bond donors (Lipinski definition) is 1. The Bertz CT molecular complexity index is 686. The number of amides is 1. The fourth-order valence-electron chi connectivity index (χ4n) is 3.06. The van der Waals surface area contributed by atoms with E-state index in [0.717, 1.165) is 5.69 Å². The number of β-amino-alcohol motifs (C(OH)–C–C–N with tert-alkyl or cyclic N) is 1. The Labute approximate surface area is 135 Å². The molecule has 2 heterocycles. The number of aliphatic hydroxyl groups is 1. The van der Waals surface area contributed by atoms with Crippen LogP contribution in [-0.4, -0.2) is 74.9 Å². The first-order valence-corrected chi connectivity index (χ1v) is 7.58. The summed E-state index contributed by atoms with van der Waals surface area (Å²) in [6.07, 6.45) is 3.78. The Morgan fingerprint density at radius 1 is 1.35 bits per heavy atom. The summed E-state index contributed by atoms with van der Waals surface area (Å²) in [4.78, 5) is 16.4. The van der Waals surface area contributed by atoms with Gasteiger partial charge >= 0.3 is 0 Å². The molecule has 7 heteroatoms. The minimum Gasteiger partial charge on any atom is -0.387 e. The summed E-state index contributed by atoms with van der Waals surface area (Å²) in [5.74, 6) is -0.0606. The monoisotopic (exact) mass is 315 g/mol. The maximum Gasteiger partial charge on any atom is 0.254 e. The molecular formula is C16H21N5O2. The van der Waals surface area contributed by atoms with Gasteiger partial charge in [0.1, 0.15) is 12.7 Å². The molecule has 0 bridgehead atoms. The van der Waals surface area contributed by atoms with Crippen molar-refractivity contribution in [1.82, 2.24) is 24.6 Å². The van der Waals surface area contributed by atoms with Crippen molar-refractivity contribution in [1.29, 1.82) is 0 Å². The molecule has 1 aromatic carbocycles. The van der Waals surface area contributed by atoms with Crippen LogP contribution in [0.4, 0.5) is 0 Å². The van der Waals surface area contributed by atoms with E-state index in [-0.39, 0.29) is 5.91 Å². The zero-order chi connectivity index (χ0) is 16.4. The lowest BCUT2D eigenvalue weighted by molar-refractivity contribution is 0.0236. The number of likely N-dealkylation sites (tertiary alicyclic amines) is 1. The van der Waals surface area contributed by atoms with Gasteiger partial charge in [-0.25, -0.2) is 0 Å². The van der Waals surface area contributed by atoms with Crippen molar-refractivity contribution in [3.8, 4) is 5.69 Å². The minimum absolute atomic E-state index is 0.0606. The zero-order valence-electron chi connectivity index (χ0n) is 13.4. The average molecular weight is 315 g/mol. The summed E-state index contributed by atoms with van der Waals surface area (Å²) in [5.41, 5.74) is 0.610. The topological polar surface area (TPSA) is 74.5 Å². The quantitative estimate of drug-likeness (QED) is 0.884. The Morgan fingerprint density at radius 2 is 2.09 bits per heavy atom. The number of aromatic nitrogens is 3. The highest BCUT2D eigenvalue weighted by atomic mass is 16.3. The predicted molar refractivity (Wildman–Crippen MR) is 85.4 cm³/mol. The van der Waals surface area contributed by atoms with Crippen molar-refractivity contribution in [2.45, 2.75) is 12.0 Å². The fourth-order valence-corrected chi connectivity index (χ4v) is 3.06. The van der Waals surface area contributed by atoms with E-state index < -0.39 is 5.60 Å². The molecule has 1 aliphatic rings. The number of rotatable bonds is 4. The van der Waals surface area contributed by atoms with E-state index in [1.165, 1.54) is 0 Å². The maximum absolute atomic E-state index is 12.7. The average Bonchev–Trinajstić information content (AvgIpc) is 3.16. The summed E-state index contributed by atoms with van der Waals surface area (Å²) >= 11 is 0. The Hall–Kier alpha value is -2.25. The van der Waals surface area contributed by atoms with E-state index in [4.69, 9.17) is 0 Å². The minimum atomic E-state index is -0.828. The van der Waals surface area contributed by atoms with Gasteiger partial charge in [-0.3, -0.25) is 9.36 Å². The van der Waals surface area contributed by atoms with Crippen molar-refractivity contribution < 1.29 is 9.90 Å². The second-order valence-electron chi connectivity index (χ2n) is 6.36.